The summed E-state index contributed by atoms with van der Waals surface area (Å²) in [5, 5.41) is 12.3. The number of aromatic nitrogens is 1. The number of hydrogen-bond donors (Lipinski definition) is 3. The number of nitrogens with one attached hydrogen (secondary N) is 2. The van der Waals surface area contributed by atoms with E-state index in [4.69, 9.17) is 0 Å². The van der Waals surface area contributed by atoms with Crippen molar-refractivity contribution in [3.8, 4) is 0 Å². The Bertz CT molecular complexity index is 854. The molecule has 0 bridgehead atoms. The van der Waals surface area contributed by atoms with Gasteiger partial charge in [0, 0.05) is 23.1 Å². The Morgan fingerprint density at radius 2 is 2.05 bits per heavy atom. The van der Waals surface area contributed by atoms with Gasteiger partial charge in [-0.2, -0.15) is 0 Å². The average Bonchev–Trinajstić information content (AvgIpc) is 3.16. The van der Waals surface area contributed by atoms with Crippen LogP contribution in [0.1, 0.15) is 5.56 Å². The van der Waals surface area contributed by atoms with Gasteiger partial charge in [0.25, 0.3) is 0 Å². The van der Waals surface area contributed by atoms with Crippen LogP contribution in [0.2, 0.25) is 0 Å². The van der Waals surface area contributed by atoms with E-state index in [0.29, 0.717) is 6.42 Å². The summed E-state index contributed by atoms with van der Waals surface area (Å²) in [6.45, 7) is -0.260. The zero-order valence-corrected chi connectivity index (χ0v) is 13.3. The molecule has 3 aromatic rings. The van der Waals surface area contributed by atoms with E-state index in [9.17, 15) is 13.5 Å². The van der Waals surface area contributed by atoms with Crippen molar-refractivity contribution in [2.45, 2.75) is 16.7 Å². The molecule has 0 amide bonds. The molecule has 7 heteroatoms. The van der Waals surface area contributed by atoms with Crippen molar-refractivity contribution >= 4 is 32.3 Å². The Hall–Kier alpha value is -1.67. The average molecular weight is 336 g/mol. The molecule has 0 saturated heterocycles. The van der Waals surface area contributed by atoms with Crippen LogP contribution >= 0.6 is 11.3 Å². The van der Waals surface area contributed by atoms with Gasteiger partial charge in [0.05, 0.1) is 6.61 Å². The number of thiophene rings is 1. The Morgan fingerprint density at radius 3 is 2.77 bits per heavy atom. The summed E-state index contributed by atoms with van der Waals surface area (Å²) < 4.78 is 27.3. The van der Waals surface area contributed by atoms with Gasteiger partial charge in [-0.05, 0) is 29.5 Å². The van der Waals surface area contributed by atoms with Crippen LogP contribution in [0.4, 0.5) is 0 Å². The maximum Gasteiger partial charge on any atom is 0.250 e. The molecule has 2 aromatic heterocycles. The van der Waals surface area contributed by atoms with Crippen molar-refractivity contribution in [3.05, 3.63) is 53.5 Å². The minimum Gasteiger partial charge on any atom is -0.395 e. The Morgan fingerprint density at radius 1 is 1.23 bits per heavy atom. The topological polar surface area (TPSA) is 82.2 Å². The smallest absolute Gasteiger partial charge is 0.250 e. The van der Waals surface area contributed by atoms with Crippen molar-refractivity contribution in [1.82, 2.24) is 9.71 Å². The fraction of sp³-hybridized carbons (Fsp3) is 0.200. The third kappa shape index (κ3) is 3.07. The van der Waals surface area contributed by atoms with Crippen LogP contribution in [-0.2, 0) is 16.4 Å². The predicted octanol–water partition coefficient (Wildman–Crippen LogP) is 2.11. The minimum absolute atomic E-state index is 0.255. The van der Waals surface area contributed by atoms with E-state index in [-0.39, 0.29) is 10.8 Å². The van der Waals surface area contributed by atoms with E-state index < -0.39 is 16.1 Å². The second-order valence-corrected chi connectivity index (χ2v) is 7.89. The molecule has 3 rings (SSSR count). The summed E-state index contributed by atoms with van der Waals surface area (Å²) in [7, 11) is -3.59. The number of sulfonamides is 1. The molecule has 0 saturated carbocycles. The normalized spacial score (nSPS) is 13.5. The molecule has 5 nitrogen and oxygen atoms in total. The zero-order chi connectivity index (χ0) is 15.6. The van der Waals surface area contributed by atoms with Gasteiger partial charge in [0.1, 0.15) is 4.21 Å². The molecule has 2 heterocycles. The monoisotopic (exact) mass is 336 g/mol. The number of aromatic amines is 1. The number of aliphatic hydroxyl groups excluding tert-OH is 1. The second kappa shape index (κ2) is 6.21. The van der Waals surface area contributed by atoms with E-state index in [0.717, 1.165) is 27.8 Å². The lowest BCUT2D eigenvalue weighted by Gasteiger charge is -2.15. The number of aliphatic hydroxyl groups is 1. The highest BCUT2D eigenvalue weighted by molar-refractivity contribution is 7.91. The van der Waals surface area contributed by atoms with Crippen LogP contribution in [-0.4, -0.2) is 31.2 Å². The molecule has 3 N–H and O–H groups in total. The van der Waals surface area contributed by atoms with Crippen molar-refractivity contribution in [2.24, 2.45) is 0 Å². The third-order valence-corrected chi connectivity index (χ3v) is 6.36. The lowest BCUT2D eigenvalue weighted by Crippen LogP contribution is -2.38. The number of benzene rings is 1. The maximum absolute atomic E-state index is 12.2. The minimum atomic E-state index is -3.59. The van der Waals surface area contributed by atoms with Gasteiger partial charge >= 0.3 is 0 Å². The van der Waals surface area contributed by atoms with Gasteiger partial charge in [0.15, 0.2) is 0 Å². The van der Waals surface area contributed by atoms with Crippen LogP contribution in [0, 0.1) is 0 Å². The molecular weight excluding hydrogens is 320 g/mol. The van der Waals surface area contributed by atoms with Crippen molar-refractivity contribution in [3.63, 3.8) is 0 Å². The van der Waals surface area contributed by atoms with E-state index in [1.165, 1.54) is 0 Å². The Balaban J connectivity index is 1.81. The molecule has 0 aliphatic rings. The Kier molecular flexibility index (Phi) is 4.30. The first-order valence-electron chi connectivity index (χ1n) is 6.82. The van der Waals surface area contributed by atoms with Crippen LogP contribution in [0.5, 0.6) is 0 Å². The molecule has 0 spiro atoms. The quantitative estimate of drug-likeness (QED) is 0.645. The van der Waals surface area contributed by atoms with E-state index in [1.54, 1.807) is 17.5 Å². The summed E-state index contributed by atoms with van der Waals surface area (Å²) in [6, 6.07) is 10.5. The SMILES string of the molecule is O=S(=O)(NC(CO)Cc1c[nH]c2ccccc12)c1cccs1. The van der Waals surface area contributed by atoms with Gasteiger partial charge in [-0.15, -0.1) is 11.3 Å². The summed E-state index contributed by atoms with van der Waals surface area (Å²) >= 11 is 1.15. The fourth-order valence-corrected chi connectivity index (χ4v) is 4.64. The highest BCUT2D eigenvalue weighted by atomic mass is 32.2. The molecule has 0 fully saturated rings. The summed E-state index contributed by atoms with van der Waals surface area (Å²) in [4.78, 5) is 3.15. The van der Waals surface area contributed by atoms with Gasteiger partial charge < -0.3 is 10.1 Å². The van der Waals surface area contributed by atoms with Crippen LogP contribution in [0.3, 0.4) is 0 Å². The van der Waals surface area contributed by atoms with Crippen LogP contribution < -0.4 is 4.72 Å². The molecule has 116 valence electrons. The van der Waals surface area contributed by atoms with E-state index in [1.807, 2.05) is 30.5 Å². The summed E-state index contributed by atoms with van der Waals surface area (Å²) in [5.74, 6) is 0. The summed E-state index contributed by atoms with van der Waals surface area (Å²) in [6.07, 6.45) is 2.28. The molecule has 0 aliphatic carbocycles. The molecule has 1 unspecified atom stereocenters. The van der Waals surface area contributed by atoms with E-state index in [2.05, 4.69) is 9.71 Å². The number of para-hydroxylation sites is 1. The molecule has 1 atom stereocenters. The molecule has 0 aliphatic heterocycles. The molecule has 22 heavy (non-hydrogen) atoms. The van der Waals surface area contributed by atoms with Crippen molar-refractivity contribution in [2.75, 3.05) is 6.61 Å². The fourth-order valence-electron chi connectivity index (χ4n) is 2.40. The second-order valence-electron chi connectivity index (χ2n) is 5.00. The highest BCUT2D eigenvalue weighted by Crippen LogP contribution is 2.20. The molecular formula is C15H16N2O3S2. The number of fused-ring (bicyclic) bond motifs is 1. The van der Waals surface area contributed by atoms with Gasteiger partial charge in [-0.3, -0.25) is 0 Å². The first kappa shape index (κ1) is 15.2. The largest absolute Gasteiger partial charge is 0.395 e. The van der Waals surface area contributed by atoms with Gasteiger partial charge in [-0.25, -0.2) is 13.1 Å². The molecule has 1 aromatic carbocycles. The standard InChI is InChI=1S/C15H16N2O3S2/c18-10-12(17-22(19,20)15-6-3-7-21-15)8-11-9-16-14-5-2-1-4-13(11)14/h1-7,9,12,16-18H,8,10H2. The predicted molar refractivity (Wildman–Crippen MR) is 87.5 cm³/mol. The van der Waals surface area contributed by atoms with Crippen LogP contribution in [0.15, 0.2) is 52.2 Å². The third-order valence-electron chi connectivity index (χ3n) is 3.44. The number of hydrogen-bond acceptors (Lipinski definition) is 4. The highest BCUT2D eigenvalue weighted by Gasteiger charge is 2.21. The lowest BCUT2D eigenvalue weighted by atomic mass is 10.1. The summed E-state index contributed by atoms with van der Waals surface area (Å²) in [5.41, 5.74) is 1.97. The first-order valence-corrected chi connectivity index (χ1v) is 9.18. The number of H-pyrrole nitrogens is 1. The molecule has 0 radical (unpaired) electrons. The van der Waals surface area contributed by atoms with Crippen LogP contribution in [0.25, 0.3) is 10.9 Å². The van der Waals surface area contributed by atoms with Gasteiger partial charge in [0.2, 0.25) is 10.0 Å². The van der Waals surface area contributed by atoms with Crippen molar-refractivity contribution < 1.29 is 13.5 Å². The maximum atomic E-state index is 12.2. The first-order chi connectivity index (χ1) is 10.6. The van der Waals surface area contributed by atoms with E-state index >= 15 is 0 Å². The van der Waals surface area contributed by atoms with Crippen molar-refractivity contribution in [1.29, 1.82) is 0 Å². The Labute approximate surface area is 132 Å². The zero-order valence-electron chi connectivity index (χ0n) is 11.7. The lowest BCUT2D eigenvalue weighted by molar-refractivity contribution is 0.256. The van der Waals surface area contributed by atoms with Gasteiger partial charge in [-0.1, -0.05) is 24.3 Å². The number of rotatable bonds is 6.